The van der Waals surface area contributed by atoms with Gasteiger partial charge in [0.1, 0.15) is 5.54 Å². The normalized spacial score (nSPS) is 24.8. The van der Waals surface area contributed by atoms with Crippen molar-refractivity contribution in [1.82, 2.24) is 14.7 Å². The third kappa shape index (κ3) is 2.55. The highest BCUT2D eigenvalue weighted by Gasteiger charge is 2.44. The average Bonchev–Trinajstić information content (AvgIpc) is 2.36. The summed E-state index contributed by atoms with van der Waals surface area (Å²) in [5.74, 6) is 0.726. The van der Waals surface area contributed by atoms with Gasteiger partial charge < -0.3 is 14.7 Å². The molecular formula is C14H25N3O2. The molecule has 0 aromatic carbocycles. The Kier molecular flexibility index (Phi) is 3.74. The van der Waals surface area contributed by atoms with Crippen LogP contribution in [0.25, 0.3) is 0 Å². The van der Waals surface area contributed by atoms with Crippen molar-refractivity contribution in [3.63, 3.8) is 0 Å². The fourth-order valence-corrected chi connectivity index (χ4v) is 2.92. The van der Waals surface area contributed by atoms with Gasteiger partial charge in [0, 0.05) is 33.2 Å². The molecule has 19 heavy (non-hydrogen) atoms. The third-order valence-electron chi connectivity index (χ3n) is 4.49. The number of piperazine rings is 1. The minimum absolute atomic E-state index is 0.0254. The van der Waals surface area contributed by atoms with E-state index in [4.69, 9.17) is 0 Å². The van der Waals surface area contributed by atoms with Crippen molar-refractivity contribution in [3.05, 3.63) is 0 Å². The van der Waals surface area contributed by atoms with Gasteiger partial charge >= 0.3 is 6.03 Å². The summed E-state index contributed by atoms with van der Waals surface area (Å²) in [5, 5.41) is 0. The summed E-state index contributed by atoms with van der Waals surface area (Å²) in [5.41, 5.74) is -0.729. The lowest BCUT2D eigenvalue weighted by Crippen LogP contribution is -2.66. The SMILES string of the molecule is CC1CCN(C(=O)N2CCN(C)C(=O)C2(C)C)CC1. The van der Waals surface area contributed by atoms with Crippen molar-refractivity contribution in [2.45, 2.75) is 39.2 Å². The van der Waals surface area contributed by atoms with Crippen LogP contribution in [-0.2, 0) is 4.79 Å². The molecule has 0 aromatic rings. The summed E-state index contributed by atoms with van der Waals surface area (Å²) in [4.78, 5) is 30.2. The third-order valence-corrected chi connectivity index (χ3v) is 4.49. The number of amides is 3. The van der Waals surface area contributed by atoms with Crippen molar-refractivity contribution in [1.29, 1.82) is 0 Å². The quantitative estimate of drug-likeness (QED) is 0.666. The lowest BCUT2D eigenvalue weighted by atomic mass is 9.97. The number of urea groups is 1. The van der Waals surface area contributed by atoms with Crippen LogP contribution in [0.2, 0.25) is 0 Å². The topological polar surface area (TPSA) is 43.9 Å². The molecule has 0 atom stereocenters. The molecule has 0 saturated carbocycles. The number of piperidine rings is 1. The lowest BCUT2D eigenvalue weighted by molar-refractivity contribution is -0.144. The Labute approximate surface area is 115 Å². The van der Waals surface area contributed by atoms with E-state index in [1.807, 2.05) is 18.7 Å². The fraction of sp³-hybridized carbons (Fsp3) is 0.857. The zero-order chi connectivity index (χ0) is 14.2. The molecular weight excluding hydrogens is 242 g/mol. The lowest BCUT2D eigenvalue weighted by Gasteiger charge is -2.47. The maximum absolute atomic E-state index is 12.6. The van der Waals surface area contributed by atoms with Crippen LogP contribution in [0.1, 0.15) is 33.6 Å². The molecule has 2 rings (SSSR count). The Hall–Kier alpha value is -1.26. The molecule has 0 N–H and O–H groups in total. The highest BCUT2D eigenvalue weighted by Crippen LogP contribution is 2.25. The second kappa shape index (κ2) is 5.02. The number of hydrogen-bond donors (Lipinski definition) is 0. The molecule has 5 heteroatoms. The highest BCUT2D eigenvalue weighted by molar-refractivity contribution is 5.91. The molecule has 3 amide bonds. The standard InChI is InChI=1S/C14H25N3O2/c1-11-5-7-16(8-6-11)13(19)17-10-9-15(4)12(18)14(17,2)3/h11H,5-10H2,1-4H3. The summed E-state index contributed by atoms with van der Waals surface area (Å²) in [6, 6.07) is 0.0263. The Morgan fingerprint density at radius 3 is 2.32 bits per heavy atom. The summed E-state index contributed by atoms with van der Waals surface area (Å²) in [6.45, 7) is 8.79. The van der Waals surface area contributed by atoms with Crippen molar-refractivity contribution >= 4 is 11.9 Å². The van der Waals surface area contributed by atoms with E-state index in [0.29, 0.717) is 19.0 Å². The van der Waals surface area contributed by atoms with Crippen molar-refractivity contribution in [2.24, 2.45) is 5.92 Å². The first kappa shape index (κ1) is 14.2. The Morgan fingerprint density at radius 2 is 1.74 bits per heavy atom. The average molecular weight is 267 g/mol. The minimum atomic E-state index is -0.729. The molecule has 0 radical (unpaired) electrons. The first-order valence-corrected chi connectivity index (χ1v) is 7.16. The molecule has 2 aliphatic heterocycles. The largest absolute Gasteiger partial charge is 0.342 e. The first-order valence-electron chi connectivity index (χ1n) is 7.16. The summed E-state index contributed by atoms with van der Waals surface area (Å²) >= 11 is 0. The minimum Gasteiger partial charge on any atom is -0.342 e. The second-order valence-corrected chi connectivity index (χ2v) is 6.39. The van der Waals surface area contributed by atoms with Crippen LogP contribution in [0.5, 0.6) is 0 Å². The summed E-state index contributed by atoms with van der Waals surface area (Å²) in [6.07, 6.45) is 2.13. The zero-order valence-corrected chi connectivity index (χ0v) is 12.5. The van der Waals surface area contributed by atoms with Crippen LogP contribution >= 0.6 is 0 Å². The predicted octanol–water partition coefficient (Wildman–Crippen LogP) is 1.39. The van der Waals surface area contributed by atoms with Gasteiger partial charge in [0.15, 0.2) is 0 Å². The molecule has 2 saturated heterocycles. The van der Waals surface area contributed by atoms with Gasteiger partial charge in [-0.3, -0.25) is 4.79 Å². The molecule has 0 aliphatic carbocycles. The smallest absolute Gasteiger partial charge is 0.320 e. The van der Waals surface area contributed by atoms with E-state index in [0.717, 1.165) is 25.9 Å². The summed E-state index contributed by atoms with van der Waals surface area (Å²) < 4.78 is 0. The number of likely N-dealkylation sites (N-methyl/N-ethyl adjacent to an activating group) is 1. The molecule has 0 aromatic heterocycles. The molecule has 2 heterocycles. The predicted molar refractivity (Wildman–Crippen MR) is 73.8 cm³/mol. The van der Waals surface area contributed by atoms with E-state index in [2.05, 4.69) is 6.92 Å². The number of likely N-dealkylation sites (tertiary alicyclic amines) is 1. The van der Waals surface area contributed by atoms with Crippen molar-refractivity contribution in [2.75, 3.05) is 33.2 Å². The Balaban J connectivity index is 2.08. The van der Waals surface area contributed by atoms with Gasteiger partial charge in [-0.15, -0.1) is 0 Å². The Morgan fingerprint density at radius 1 is 1.16 bits per heavy atom. The monoisotopic (exact) mass is 267 g/mol. The number of rotatable bonds is 0. The number of carbonyl (C=O) groups excluding carboxylic acids is 2. The van der Waals surface area contributed by atoms with E-state index < -0.39 is 5.54 Å². The Bertz CT molecular complexity index is 373. The van der Waals surface area contributed by atoms with Crippen LogP contribution in [0.4, 0.5) is 4.79 Å². The van der Waals surface area contributed by atoms with Gasteiger partial charge in [0.25, 0.3) is 0 Å². The molecule has 0 spiro atoms. The van der Waals surface area contributed by atoms with Gasteiger partial charge in [-0.05, 0) is 32.6 Å². The highest BCUT2D eigenvalue weighted by atomic mass is 16.2. The zero-order valence-electron chi connectivity index (χ0n) is 12.5. The molecule has 2 aliphatic rings. The molecule has 2 fully saturated rings. The van der Waals surface area contributed by atoms with E-state index in [1.54, 1.807) is 16.8 Å². The number of nitrogens with zero attached hydrogens (tertiary/aromatic N) is 3. The second-order valence-electron chi connectivity index (χ2n) is 6.39. The van der Waals surface area contributed by atoms with Gasteiger partial charge in [-0.25, -0.2) is 4.79 Å². The first-order chi connectivity index (χ1) is 8.84. The number of hydrogen-bond acceptors (Lipinski definition) is 2. The summed E-state index contributed by atoms with van der Waals surface area (Å²) in [7, 11) is 1.80. The van der Waals surface area contributed by atoms with E-state index >= 15 is 0 Å². The van der Waals surface area contributed by atoms with Crippen LogP contribution in [0.15, 0.2) is 0 Å². The van der Waals surface area contributed by atoms with Crippen molar-refractivity contribution < 1.29 is 9.59 Å². The van der Waals surface area contributed by atoms with Crippen LogP contribution in [0.3, 0.4) is 0 Å². The van der Waals surface area contributed by atoms with Gasteiger partial charge in [-0.2, -0.15) is 0 Å². The number of carbonyl (C=O) groups is 2. The molecule has 0 bridgehead atoms. The molecule has 5 nitrogen and oxygen atoms in total. The van der Waals surface area contributed by atoms with E-state index in [9.17, 15) is 9.59 Å². The maximum atomic E-state index is 12.6. The molecule has 0 unspecified atom stereocenters. The maximum Gasteiger partial charge on any atom is 0.320 e. The van der Waals surface area contributed by atoms with Crippen LogP contribution in [0, 0.1) is 5.92 Å². The van der Waals surface area contributed by atoms with Gasteiger partial charge in [0.2, 0.25) is 5.91 Å². The van der Waals surface area contributed by atoms with Crippen molar-refractivity contribution in [3.8, 4) is 0 Å². The van der Waals surface area contributed by atoms with Crippen LogP contribution in [-0.4, -0.2) is 65.4 Å². The van der Waals surface area contributed by atoms with Crippen LogP contribution < -0.4 is 0 Å². The van der Waals surface area contributed by atoms with E-state index in [-0.39, 0.29) is 11.9 Å². The van der Waals surface area contributed by atoms with E-state index in [1.165, 1.54) is 0 Å². The molecule has 108 valence electrons. The fourth-order valence-electron chi connectivity index (χ4n) is 2.92. The van der Waals surface area contributed by atoms with Gasteiger partial charge in [0.05, 0.1) is 0 Å². The van der Waals surface area contributed by atoms with Gasteiger partial charge in [-0.1, -0.05) is 6.92 Å².